The van der Waals surface area contributed by atoms with E-state index in [4.69, 9.17) is 32.7 Å². The predicted molar refractivity (Wildman–Crippen MR) is 76.4 cm³/mol. The van der Waals surface area contributed by atoms with Gasteiger partial charge in [0, 0.05) is 23.7 Å². The molecule has 1 aliphatic heterocycles. The van der Waals surface area contributed by atoms with Crippen molar-refractivity contribution in [2.24, 2.45) is 0 Å². The average molecular weight is 296 g/mol. The summed E-state index contributed by atoms with van der Waals surface area (Å²) in [6, 6.07) is 11.3. The Labute approximate surface area is 121 Å². The highest BCUT2D eigenvalue weighted by atomic mass is 35.5. The third-order valence-corrected chi connectivity index (χ3v) is 3.57. The zero-order chi connectivity index (χ0) is 13.2. The standard InChI is InChI=1S/C14H11Cl2NO2/c15-10-4-2-1-3-9(10)7-17-12-6-14-13(5-11(12)16)18-8-19-14/h1-6,17H,7-8H2. The molecule has 0 spiro atoms. The van der Waals surface area contributed by atoms with E-state index in [0.717, 1.165) is 16.3 Å². The monoisotopic (exact) mass is 295 g/mol. The molecule has 0 atom stereocenters. The summed E-state index contributed by atoms with van der Waals surface area (Å²) in [4.78, 5) is 0. The minimum absolute atomic E-state index is 0.236. The van der Waals surface area contributed by atoms with Crippen LogP contribution < -0.4 is 14.8 Å². The third kappa shape index (κ3) is 2.57. The van der Waals surface area contributed by atoms with Crippen LogP contribution in [0.1, 0.15) is 5.56 Å². The fourth-order valence-electron chi connectivity index (χ4n) is 1.88. The summed E-state index contributed by atoms with van der Waals surface area (Å²) in [7, 11) is 0. The lowest BCUT2D eigenvalue weighted by atomic mass is 10.2. The molecule has 1 N–H and O–H groups in total. The van der Waals surface area contributed by atoms with Crippen LogP contribution in [-0.4, -0.2) is 6.79 Å². The van der Waals surface area contributed by atoms with Crippen LogP contribution in [-0.2, 0) is 6.54 Å². The van der Waals surface area contributed by atoms with E-state index in [1.807, 2.05) is 30.3 Å². The quantitative estimate of drug-likeness (QED) is 0.914. The molecule has 0 saturated carbocycles. The molecule has 5 heteroatoms. The number of hydrogen-bond acceptors (Lipinski definition) is 3. The lowest BCUT2D eigenvalue weighted by molar-refractivity contribution is 0.174. The Morgan fingerprint density at radius 2 is 1.74 bits per heavy atom. The number of ether oxygens (including phenoxy) is 2. The van der Waals surface area contributed by atoms with Gasteiger partial charge in [0.15, 0.2) is 11.5 Å². The highest BCUT2D eigenvalue weighted by Gasteiger charge is 2.16. The van der Waals surface area contributed by atoms with Gasteiger partial charge in [0.2, 0.25) is 6.79 Å². The topological polar surface area (TPSA) is 30.5 Å². The summed E-state index contributed by atoms with van der Waals surface area (Å²) in [5.74, 6) is 1.37. The second-order valence-electron chi connectivity index (χ2n) is 4.13. The molecule has 0 amide bonds. The smallest absolute Gasteiger partial charge is 0.231 e. The van der Waals surface area contributed by atoms with E-state index in [1.54, 1.807) is 6.07 Å². The normalized spacial score (nSPS) is 12.5. The second-order valence-corrected chi connectivity index (χ2v) is 4.94. The number of nitrogens with one attached hydrogen (secondary N) is 1. The SMILES string of the molecule is Clc1ccccc1CNc1cc2c(cc1Cl)OCO2. The summed E-state index contributed by atoms with van der Waals surface area (Å²) in [6.45, 7) is 0.832. The van der Waals surface area contributed by atoms with Gasteiger partial charge in [0.25, 0.3) is 0 Å². The van der Waals surface area contributed by atoms with E-state index in [9.17, 15) is 0 Å². The number of halogens is 2. The highest BCUT2D eigenvalue weighted by molar-refractivity contribution is 6.33. The zero-order valence-electron chi connectivity index (χ0n) is 9.95. The van der Waals surface area contributed by atoms with Gasteiger partial charge in [-0.1, -0.05) is 41.4 Å². The molecule has 3 nitrogen and oxygen atoms in total. The molecule has 0 aliphatic carbocycles. The fraction of sp³-hybridized carbons (Fsp3) is 0.143. The van der Waals surface area contributed by atoms with Gasteiger partial charge < -0.3 is 14.8 Å². The van der Waals surface area contributed by atoms with E-state index >= 15 is 0 Å². The van der Waals surface area contributed by atoms with Gasteiger partial charge in [0.05, 0.1) is 10.7 Å². The Morgan fingerprint density at radius 3 is 2.53 bits per heavy atom. The molecule has 2 aromatic rings. The third-order valence-electron chi connectivity index (χ3n) is 2.89. The molecule has 0 saturated heterocycles. The van der Waals surface area contributed by atoms with Crippen molar-refractivity contribution >= 4 is 28.9 Å². The maximum Gasteiger partial charge on any atom is 0.231 e. The van der Waals surface area contributed by atoms with Gasteiger partial charge >= 0.3 is 0 Å². The molecule has 0 fully saturated rings. The zero-order valence-corrected chi connectivity index (χ0v) is 11.5. The number of hydrogen-bond donors (Lipinski definition) is 1. The maximum atomic E-state index is 6.18. The first-order valence-corrected chi connectivity index (χ1v) is 6.56. The summed E-state index contributed by atoms with van der Waals surface area (Å²) >= 11 is 12.3. The van der Waals surface area contributed by atoms with Crippen molar-refractivity contribution in [2.75, 3.05) is 12.1 Å². The van der Waals surface area contributed by atoms with Crippen molar-refractivity contribution < 1.29 is 9.47 Å². The maximum absolute atomic E-state index is 6.18. The molecule has 2 aromatic carbocycles. The van der Waals surface area contributed by atoms with Gasteiger partial charge in [-0.15, -0.1) is 0 Å². The van der Waals surface area contributed by atoms with Crippen molar-refractivity contribution in [1.29, 1.82) is 0 Å². The van der Waals surface area contributed by atoms with E-state index in [-0.39, 0.29) is 6.79 Å². The Morgan fingerprint density at radius 1 is 1.00 bits per heavy atom. The van der Waals surface area contributed by atoms with Gasteiger partial charge in [-0.2, -0.15) is 0 Å². The number of anilines is 1. The van der Waals surface area contributed by atoms with Crippen LogP contribution in [0.15, 0.2) is 36.4 Å². The Balaban J connectivity index is 1.79. The van der Waals surface area contributed by atoms with Crippen LogP contribution in [0.2, 0.25) is 10.0 Å². The Bertz CT molecular complexity index is 616. The van der Waals surface area contributed by atoms with E-state index in [2.05, 4.69) is 5.32 Å². The minimum atomic E-state index is 0.236. The van der Waals surface area contributed by atoms with E-state index in [1.165, 1.54) is 0 Å². The van der Waals surface area contributed by atoms with Crippen LogP contribution in [0.4, 0.5) is 5.69 Å². The van der Waals surface area contributed by atoms with Gasteiger partial charge in [-0.25, -0.2) is 0 Å². The van der Waals surface area contributed by atoms with Crippen LogP contribution in [0.3, 0.4) is 0 Å². The van der Waals surface area contributed by atoms with Crippen molar-refractivity contribution in [3.63, 3.8) is 0 Å². The summed E-state index contributed by atoms with van der Waals surface area (Å²) < 4.78 is 10.6. The first-order chi connectivity index (χ1) is 9.24. The molecule has 0 bridgehead atoms. The summed E-state index contributed by atoms with van der Waals surface area (Å²) in [5.41, 5.74) is 1.81. The van der Waals surface area contributed by atoms with Gasteiger partial charge in [-0.3, -0.25) is 0 Å². The predicted octanol–water partition coefficient (Wildman–Crippen LogP) is 4.33. The lowest BCUT2D eigenvalue weighted by Crippen LogP contribution is -2.00. The van der Waals surface area contributed by atoms with Gasteiger partial charge in [-0.05, 0) is 11.6 Å². The Kier molecular flexibility index (Phi) is 3.40. The average Bonchev–Trinajstić information content (AvgIpc) is 2.84. The Hall–Kier alpha value is -1.58. The summed E-state index contributed by atoms with van der Waals surface area (Å²) in [5, 5.41) is 4.57. The minimum Gasteiger partial charge on any atom is -0.454 e. The molecule has 1 heterocycles. The largest absolute Gasteiger partial charge is 0.454 e. The lowest BCUT2D eigenvalue weighted by Gasteiger charge is -2.10. The second kappa shape index (κ2) is 5.19. The molecular formula is C14H11Cl2NO2. The molecule has 19 heavy (non-hydrogen) atoms. The van der Waals surface area contributed by atoms with Gasteiger partial charge in [0.1, 0.15) is 0 Å². The molecule has 98 valence electrons. The molecule has 3 rings (SSSR count). The molecule has 1 aliphatic rings. The van der Waals surface area contributed by atoms with Crippen LogP contribution in [0, 0.1) is 0 Å². The van der Waals surface area contributed by atoms with Crippen molar-refractivity contribution in [2.45, 2.75) is 6.54 Å². The van der Waals surface area contributed by atoms with Crippen LogP contribution in [0.5, 0.6) is 11.5 Å². The number of fused-ring (bicyclic) bond motifs is 1. The van der Waals surface area contributed by atoms with Crippen LogP contribution in [0.25, 0.3) is 0 Å². The summed E-state index contributed by atoms with van der Waals surface area (Å²) in [6.07, 6.45) is 0. The number of benzene rings is 2. The number of rotatable bonds is 3. The van der Waals surface area contributed by atoms with Crippen LogP contribution >= 0.6 is 23.2 Å². The first kappa shape index (κ1) is 12.5. The fourth-order valence-corrected chi connectivity index (χ4v) is 2.31. The molecule has 0 radical (unpaired) electrons. The van der Waals surface area contributed by atoms with E-state index < -0.39 is 0 Å². The van der Waals surface area contributed by atoms with Crippen molar-refractivity contribution in [3.05, 3.63) is 52.0 Å². The van der Waals surface area contributed by atoms with Crippen molar-refractivity contribution in [3.8, 4) is 11.5 Å². The first-order valence-electron chi connectivity index (χ1n) is 5.80. The van der Waals surface area contributed by atoms with Crippen molar-refractivity contribution in [1.82, 2.24) is 0 Å². The van der Waals surface area contributed by atoms with E-state index in [0.29, 0.717) is 23.1 Å². The molecular weight excluding hydrogens is 285 g/mol. The highest BCUT2D eigenvalue weighted by Crippen LogP contribution is 2.39. The molecule has 0 unspecified atom stereocenters. The molecule has 0 aromatic heterocycles.